The number of nitrogens with zero attached hydrogens (tertiary/aromatic N) is 2. The summed E-state index contributed by atoms with van der Waals surface area (Å²) in [7, 11) is -6.20. The number of fused-ring (bicyclic) bond motifs is 1. The molecule has 13 nitrogen and oxygen atoms in total. The van der Waals surface area contributed by atoms with Gasteiger partial charge in [0.2, 0.25) is 5.91 Å². The molecule has 4 rings (SSSR count). The number of carboxylic acid groups (broad SMARTS) is 1. The van der Waals surface area contributed by atoms with Gasteiger partial charge in [0.05, 0.1) is 16.8 Å². The number of aromatic carboxylic acids is 1. The Hall–Kier alpha value is -4.54. The summed E-state index contributed by atoms with van der Waals surface area (Å²) in [5.41, 5.74) is 0.231. The van der Waals surface area contributed by atoms with Gasteiger partial charge < -0.3 is 35.2 Å². The molecule has 3 aromatic rings. The van der Waals surface area contributed by atoms with Crippen LogP contribution in [0.1, 0.15) is 43.7 Å². The van der Waals surface area contributed by atoms with Gasteiger partial charge in [0.15, 0.2) is 0 Å². The minimum atomic E-state index is -4.58. The standard InChI is InChI=1S/C24H20BN4O9P/c26-12-15-4-2-6-18(27-15)22(30)29-20(13-7-9-16(10-8-13)39(35,36)37)23(31)28-19-11-14-3-1-5-17(24(32)33)21(14)38-25(19)34/h1-10,19-20,34H,11H2,(H,28,31)(H,29,30)(H,32,33)(H2,35,36,37)/t19-,20+/m0/s1. The summed E-state index contributed by atoms with van der Waals surface area (Å²) in [6.45, 7) is 0. The van der Waals surface area contributed by atoms with E-state index in [4.69, 9.17) is 9.92 Å². The lowest BCUT2D eigenvalue weighted by Gasteiger charge is -2.30. The number of carboxylic acids is 1. The largest absolute Gasteiger partial charge is 0.547 e. The smallest absolute Gasteiger partial charge is 0.534 e. The van der Waals surface area contributed by atoms with Crippen LogP contribution in [0.3, 0.4) is 0 Å². The molecule has 1 aliphatic heterocycles. The number of nitrogens with one attached hydrogen (secondary N) is 2. The van der Waals surface area contributed by atoms with Gasteiger partial charge in [-0.05, 0) is 47.9 Å². The second-order valence-electron chi connectivity index (χ2n) is 8.49. The van der Waals surface area contributed by atoms with Crippen LogP contribution in [-0.4, -0.2) is 55.7 Å². The van der Waals surface area contributed by atoms with Gasteiger partial charge in [0.25, 0.3) is 5.91 Å². The second kappa shape index (κ2) is 11.1. The first kappa shape index (κ1) is 27.5. The number of amides is 2. The predicted octanol–water partition coefficient (Wildman–Crippen LogP) is 0.0652. The van der Waals surface area contributed by atoms with Crippen LogP contribution >= 0.6 is 7.60 Å². The van der Waals surface area contributed by atoms with Gasteiger partial charge in [-0.1, -0.05) is 30.3 Å². The molecule has 0 saturated carbocycles. The first-order valence-electron chi connectivity index (χ1n) is 11.3. The summed E-state index contributed by atoms with van der Waals surface area (Å²) in [5, 5.41) is 33.7. The molecule has 1 aromatic heterocycles. The van der Waals surface area contributed by atoms with Gasteiger partial charge in [-0.15, -0.1) is 0 Å². The lowest BCUT2D eigenvalue weighted by Crippen LogP contribution is -2.55. The van der Waals surface area contributed by atoms with Crippen LogP contribution in [0.2, 0.25) is 0 Å². The van der Waals surface area contributed by atoms with Crippen LogP contribution in [0.25, 0.3) is 0 Å². The van der Waals surface area contributed by atoms with Crippen molar-refractivity contribution in [2.45, 2.75) is 18.4 Å². The molecular formula is C24H20BN4O9P. The average Bonchev–Trinajstić information content (AvgIpc) is 2.91. The zero-order chi connectivity index (χ0) is 28.3. The van der Waals surface area contributed by atoms with Gasteiger partial charge in [-0.2, -0.15) is 5.26 Å². The minimum absolute atomic E-state index is 0.00689. The Kier molecular flexibility index (Phi) is 7.80. The summed E-state index contributed by atoms with van der Waals surface area (Å²) < 4.78 is 17.0. The molecule has 0 bridgehead atoms. The van der Waals surface area contributed by atoms with E-state index in [0.717, 1.165) is 12.1 Å². The molecule has 0 fully saturated rings. The van der Waals surface area contributed by atoms with E-state index in [1.54, 1.807) is 12.1 Å². The van der Waals surface area contributed by atoms with E-state index in [9.17, 15) is 38.9 Å². The lowest BCUT2D eigenvalue weighted by atomic mass is 9.72. The molecule has 1 aliphatic rings. The molecule has 2 heterocycles. The van der Waals surface area contributed by atoms with Crippen LogP contribution in [0, 0.1) is 11.3 Å². The number of aromatic nitrogens is 1. The summed E-state index contributed by atoms with van der Waals surface area (Å²) >= 11 is 0. The number of hydrogen-bond donors (Lipinski definition) is 6. The van der Waals surface area contributed by atoms with E-state index in [0.29, 0.717) is 5.56 Å². The fourth-order valence-corrected chi connectivity index (χ4v) is 4.51. The topological polar surface area (TPSA) is 219 Å². The van der Waals surface area contributed by atoms with Crippen LogP contribution in [0.4, 0.5) is 0 Å². The quantitative estimate of drug-likeness (QED) is 0.171. The van der Waals surface area contributed by atoms with Gasteiger partial charge in [0.1, 0.15) is 29.2 Å². The molecule has 2 aromatic carbocycles. The minimum Gasteiger partial charge on any atom is -0.534 e. The molecule has 198 valence electrons. The van der Waals surface area contributed by atoms with Crippen LogP contribution in [0.15, 0.2) is 60.7 Å². The number of benzene rings is 2. The molecule has 15 heteroatoms. The molecule has 0 saturated heterocycles. The van der Waals surface area contributed by atoms with Gasteiger partial charge in [-0.3, -0.25) is 14.2 Å². The summed E-state index contributed by atoms with van der Waals surface area (Å²) in [5.74, 6) is -3.94. The highest BCUT2D eigenvalue weighted by atomic mass is 31.2. The number of hydrogen-bond acceptors (Lipinski definition) is 8. The number of pyridine rings is 1. The maximum atomic E-state index is 13.4. The number of carbonyl (C=O) groups is 3. The fraction of sp³-hybridized carbons (Fsp3) is 0.125. The third-order valence-electron chi connectivity index (χ3n) is 5.87. The van der Waals surface area contributed by atoms with Crippen molar-refractivity contribution in [3.8, 4) is 11.8 Å². The SMILES string of the molecule is N#Cc1cccc(C(=O)N[C@@H](C(=O)N[C@H]2Cc3cccc(C(=O)O)c3OB2O)c2ccc(P(=O)(O)O)cc2)n1. The van der Waals surface area contributed by atoms with Crippen molar-refractivity contribution in [2.75, 3.05) is 0 Å². The molecule has 0 aliphatic carbocycles. The molecule has 0 unspecified atom stereocenters. The van der Waals surface area contributed by atoms with Crippen molar-refractivity contribution >= 4 is 37.8 Å². The Bertz CT molecular complexity index is 1540. The van der Waals surface area contributed by atoms with Gasteiger partial charge >= 0.3 is 20.7 Å². The third kappa shape index (κ3) is 6.14. The van der Waals surface area contributed by atoms with Crippen molar-refractivity contribution in [2.24, 2.45) is 0 Å². The third-order valence-corrected chi connectivity index (χ3v) is 6.84. The van der Waals surface area contributed by atoms with Crippen LogP contribution in [-0.2, 0) is 15.8 Å². The van der Waals surface area contributed by atoms with E-state index < -0.39 is 44.5 Å². The highest BCUT2D eigenvalue weighted by Crippen LogP contribution is 2.33. The van der Waals surface area contributed by atoms with E-state index in [1.165, 1.54) is 42.5 Å². The number of rotatable bonds is 7. The number of carbonyl (C=O) groups excluding carboxylic acids is 2. The molecular weight excluding hydrogens is 530 g/mol. The number of para-hydroxylation sites is 1. The number of nitriles is 1. The van der Waals surface area contributed by atoms with Crippen molar-refractivity contribution in [3.63, 3.8) is 0 Å². The monoisotopic (exact) mass is 550 g/mol. The average molecular weight is 550 g/mol. The maximum Gasteiger partial charge on any atom is 0.547 e. The molecule has 39 heavy (non-hydrogen) atoms. The first-order chi connectivity index (χ1) is 18.5. The zero-order valence-electron chi connectivity index (χ0n) is 19.9. The molecule has 0 radical (unpaired) electrons. The fourth-order valence-electron chi connectivity index (χ4n) is 3.97. The Balaban J connectivity index is 1.62. The molecule has 0 spiro atoms. The Morgan fingerprint density at radius 2 is 1.79 bits per heavy atom. The van der Waals surface area contributed by atoms with Gasteiger partial charge in [-0.25, -0.2) is 9.78 Å². The normalized spacial score (nSPS) is 15.2. The van der Waals surface area contributed by atoms with E-state index >= 15 is 0 Å². The predicted molar refractivity (Wildman–Crippen MR) is 135 cm³/mol. The van der Waals surface area contributed by atoms with Gasteiger partial charge in [0, 0.05) is 0 Å². The van der Waals surface area contributed by atoms with Crippen molar-refractivity contribution in [3.05, 3.63) is 88.7 Å². The Morgan fingerprint density at radius 1 is 1.10 bits per heavy atom. The summed E-state index contributed by atoms with van der Waals surface area (Å²) in [4.78, 5) is 60.5. The zero-order valence-corrected chi connectivity index (χ0v) is 20.8. The Morgan fingerprint density at radius 3 is 2.44 bits per heavy atom. The Labute approximate surface area is 221 Å². The summed E-state index contributed by atoms with van der Waals surface area (Å²) in [6.07, 6.45) is 0.00689. The summed E-state index contributed by atoms with van der Waals surface area (Å²) in [6, 6.07) is 13.7. The molecule has 6 N–H and O–H groups in total. The van der Waals surface area contributed by atoms with E-state index in [1.807, 2.05) is 0 Å². The van der Waals surface area contributed by atoms with E-state index in [-0.39, 0.29) is 40.0 Å². The lowest BCUT2D eigenvalue weighted by molar-refractivity contribution is -0.123. The highest BCUT2D eigenvalue weighted by molar-refractivity contribution is 7.60. The van der Waals surface area contributed by atoms with Crippen molar-refractivity contribution in [1.82, 2.24) is 15.6 Å². The maximum absolute atomic E-state index is 13.4. The molecule has 2 atom stereocenters. The van der Waals surface area contributed by atoms with Crippen LogP contribution < -0.4 is 20.6 Å². The molecule has 2 amide bonds. The van der Waals surface area contributed by atoms with Crippen molar-refractivity contribution in [1.29, 1.82) is 5.26 Å². The second-order valence-corrected chi connectivity index (χ2v) is 10.1. The van der Waals surface area contributed by atoms with E-state index in [2.05, 4.69) is 15.6 Å². The first-order valence-corrected chi connectivity index (χ1v) is 12.9. The van der Waals surface area contributed by atoms with Crippen LogP contribution in [0.5, 0.6) is 5.75 Å². The van der Waals surface area contributed by atoms with Crippen molar-refractivity contribution < 1.29 is 43.5 Å². The highest BCUT2D eigenvalue weighted by Gasteiger charge is 2.39.